The number of thioether (sulfide) groups is 1. The third-order valence-electron chi connectivity index (χ3n) is 3.39. The van der Waals surface area contributed by atoms with Gasteiger partial charge in [-0.15, -0.1) is 11.8 Å². The largest absolute Gasteiger partial charge is 0.340 e. The van der Waals surface area contributed by atoms with Crippen molar-refractivity contribution in [3.05, 3.63) is 70.0 Å². The molecule has 0 fully saturated rings. The van der Waals surface area contributed by atoms with Crippen LogP contribution in [0.1, 0.15) is 12.5 Å². The zero-order valence-electron chi connectivity index (χ0n) is 13.3. The first-order valence-electron chi connectivity index (χ1n) is 7.27. The van der Waals surface area contributed by atoms with Crippen LogP contribution >= 0.6 is 11.8 Å². The monoisotopic (exact) mass is 348 g/mol. The molecule has 1 amide bonds. The number of carbonyl (C=O) groups excluding carboxylic acids is 1. The fourth-order valence-corrected chi connectivity index (χ4v) is 3.18. The Morgan fingerprint density at radius 2 is 1.96 bits per heavy atom. The maximum absolute atomic E-state index is 13.2. The number of carbonyl (C=O) groups is 1. The molecule has 0 aliphatic rings. The van der Waals surface area contributed by atoms with Gasteiger partial charge in [-0.1, -0.05) is 12.1 Å². The number of nitrogens with zero attached hydrogens (tertiary/aromatic N) is 2. The van der Waals surface area contributed by atoms with E-state index in [1.54, 1.807) is 38.2 Å². The van der Waals surface area contributed by atoms with Gasteiger partial charge in [0.25, 0.3) is 5.69 Å². The molecule has 2 aromatic rings. The highest BCUT2D eigenvalue weighted by Gasteiger charge is 2.19. The van der Waals surface area contributed by atoms with Crippen molar-refractivity contribution in [1.29, 1.82) is 0 Å². The third-order valence-corrected chi connectivity index (χ3v) is 4.49. The van der Waals surface area contributed by atoms with Gasteiger partial charge in [-0.3, -0.25) is 14.9 Å². The Kier molecular flexibility index (Phi) is 5.92. The molecule has 0 heterocycles. The molecule has 0 spiro atoms. The number of non-ortho nitro benzene ring substituents is 1. The van der Waals surface area contributed by atoms with Crippen LogP contribution in [0.4, 0.5) is 10.1 Å². The van der Waals surface area contributed by atoms with Crippen molar-refractivity contribution in [1.82, 2.24) is 4.90 Å². The van der Waals surface area contributed by atoms with E-state index < -0.39 is 4.92 Å². The molecule has 0 bridgehead atoms. The Morgan fingerprint density at radius 1 is 1.29 bits per heavy atom. The molecule has 5 nitrogen and oxygen atoms in total. The maximum Gasteiger partial charge on any atom is 0.269 e. The first-order chi connectivity index (χ1) is 11.4. The van der Waals surface area contributed by atoms with Gasteiger partial charge in [-0.05, 0) is 36.8 Å². The van der Waals surface area contributed by atoms with E-state index in [2.05, 4.69) is 0 Å². The Hall–Kier alpha value is -2.41. The number of nitro groups is 1. The quantitative estimate of drug-likeness (QED) is 0.452. The Morgan fingerprint density at radius 3 is 2.54 bits per heavy atom. The summed E-state index contributed by atoms with van der Waals surface area (Å²) in [5.41, 5.74) is 0.736. The summed E-state index contributed by atoms with van der Waals surface area (Å²) in [5, 5.41) is 10.3. The summed E-state index contributed by atoms with van der Waals surface area (Å²) < 4.78 is 13.2. The summed E-state index contributed by atoms with van der Waals surface area (Å²) in [6, 6.07) is 12.2. The Bertz CT molecular complexity index is 737. The predicted molar refractivity (Wildman–Crippen MR) is 91.3 cm³/mol. The molecule has 2 aromatic carbocycles. The normalized spacial score (nSPS) is 11.8. The van der Waals surface area contributed by atoms with Crippen molar-refractivity contribution < 1.29 is 14.1 Å². The number of halogens is 1. The Labute approximate surface area is 143 Å². The second kappa shape index (κ2) is 7.92. The number of amides is 1. The van der Waals surface area contributed by atoms with Crippen molar-refractivity contribution in [3.8, 4) is 0 Å². The average molecular weight is 348 g/mol. The molecule has 0 aromatic heterocycles. The summed E-state index contributed by atoms with van der Waals surface area (Å²) in [5.74, 6) is -0.427. The molecule has 0 saturated carbocycles. The number of hydrogen-bond acceptors (Lipinski definition) is 4. The van der Waals surface area contributed by atoms with Crippen LogP contribution in [0.5, 0.6) is 0 Å². The second-order valence-corrected chi connectivity index (χ2v) is 6.75. The highest BCUT2D eigenvalue weighted by molar-refractivity contribution is 8.00. The van der Waals surface area contributed by atoms with Crippen molar-refractivity contribution >= 4 is 23.4 Å². The van der Waals surface area contributed by atoms with Gasteiger partial charge in [0.1, 0.15) is 5.82 Å². The summed E-state index contributed by atoms with van der Waals surface area (Å²) in [6.07, 6.45) is 0. The van der Waals surface area contributed by atoms with E-state index >= 15 is 0 Å². The average Bonchev–Trinajstić information content (AvgIpc) is 2.54. The summed E-state index contributed by atoms with van der Waals surface area (Å²) in [4.78, 5) is 24.9. The second-order valence-electron chi connectivity index (χ2n) is 5.34. The van der Waals surface area contributed by atoms with Crippen LogP contribution in [-0.2, 0) is 11.3 Å². The summed E-state index contributed by atoms with van der Waals surface area (Å²) >= 11 is 1.33. The molecular formula is C17H17FN2O3S. The number of nitro benzene ring substituents is 1. The fourth-order valence-electron chi connectivity index (χ4n) is 2.20. The highest BCUT2D eigenvalue weighted by atomic mass is 32.2. The number of benzene rings is 2. The zero-order chi connectivity index (χ0) is 17.7. The van der Waals surface area contributed by atoms with Gasteiger partial charge in [0, 0.05) is 30.6 Å². The number of hydrogen-bond donors (Lipinski definition) is 0. The molecule has 1 atom stereocenters. The zero-order valence-corrected chi connectivity index (χ0v) is 14.1. The van der Waals surface area contributed by atoms with Crippen LogP contribution in [-0.4, -0.2) is 28.0 Å². The smallest absolute Gasteiger partial charge is 0.269 e. The van der Waals surface area contributed by atoms with E-state index in [0.717, 1.165) is 10.5 Å². The minimum Gasteiger partial charge on any atom is -0.340 e. The molecule has 0 radical (unpaired) electrons. The predicted octanol–water partition coefficient (Wildman–Crippen LogP) is 3.87. The van der Waals surface area contributed by atoms with Crippen LogP contribution < -0.4 is 0 Å². The van der Waals surface area contributed by atoms with Gasteiger partial charge in [0.05, 0.1) is 10.2 Å². The molecule has 126 valence electrons. The van der Waals surface area contributed by atoms with Crippen LogP contribution in [0.3, 0.4) is 0 Å². The van der Waals surface area contributed by atoms with Gasteiger partial charge in [0.15, 0.2) is 0 Å². The van der Waals surface area contributed by atoms with E-state index in [9.17, 15) is 19.3 Å². The Balaban J connectivity index is 1.96. The molecule has 0 N–H and O–H groups in total. The summed E-state index contributed by atoms with van der Waals surface area (Å²) in [7, 11) is 1.67. The van der Waals surface area contributed by atoms with Crippen molar-refractivity contribution in [2.75, 3.05) is 7.05 Å². The molecule has 0 saturated heterocycles. The molecule has 1 unspecified atom stereocenters. The molecule has 0 aliphatic heterocycles. The maximum atomic E-state index is 13.2. The van der Waals surface area contributed by atoms with Crippen LogP contribution in [0.15, 0.2) is 53.4 Å². The van der Waals surface area contributed by atoms with E-state index in [1.807, 2.05) is 0 Å². The highest BCUT2D eigenvalue weighted by Crippen LogP contribution is 2.26. The van der Waals surface area contributed by atoms with Gasteiger partial charge in [-0.25, -0.2) is 4.39 Å². The van der Waals surface area contributed by atoms with Gasteiger partial charge in [-0.2, -0.15) is 0 Å². The SMILES string of the molecule is CC(Sc1ccc([N+](=O)[O-])cc1)C(=O)N(C)Cc1cccc(F)c1. The van der Waals surface area contributed by atoms with Crippen LogP contribution in [0, 0.1) is 15.9 Å². The lowest BCUT2D eigenvalue weighted by Crippen LogP contribution is -2.32. The van der Waals surface area contributed by atoms with Gasteiger partial charge in [0.2, 0.25) is 5.91 Å². The molecule has 2 rings (SSSR count). The van der Waals surface area contributed by atoms with Gasteiger partial charge < -0.3 is 4.90 Å². The van der Waals surface area contributed by atoms with E-state index in [-0.39, 0.29) is 22.7 Å². The first-order valence-corrected chi connectivity index (χ1v) is 8.15. The molecule has 24 heavy (non-hydrogen) atoms. The minimum absolute atomic E-state index is 0.0153. The molecular weight excluding hydrogens is 331 g/mol. The van der Waals surface area contributed by atoms with E-state index in [1.165, 1.54) is 40.9 Å². The molecule has 0 aliphatic carbocycles. The number of rotatable bonds is 6. The van der Waals surface area contributed by atoms with Crippen LogP contribution in [0.25, 0.3) is 0 Å². The topological polar surface area (TPSA) is 63.5 Å². The van der Waals surface area contributed by atoms with Crippen LogP contribution in [0.2, 0.25) is 0 Å². The van der Waals surface area contributed by atoms with Crippen molar-refractivity contribution in [2.24, 2.45) is 0 Å². The lowest BCUT2D eigenvalue weighted by molar-refractivity contribution is -0.384. The lowest BCUT2D eigenvalue weighted by Gasteiger charge is -2.21. The minimum atomic E-state index is -0.463. The summed E-state index contributed by atoms with van der Waals surface area (Å²) in [6.45, 7) is 2.10. The van der Waals surface area contributed by atoms with Crippen molar-refractivity contribution in [2.45, 2.75) is 23.6 Å². The third kappa shape index (κ3) is 4.79. The standard InChI is InChI=1S/C17H17FN2O3S/c1-12(24-16-8-6-15(7-9-16)20(22)23)17(21)19(2)11-13-4-3-5-14(18)10-13/h3-10,12H,11H2,1-2H3. The lowest BCUT2D eigenvalue weighted by atomic mass is 10.2. The first kappa shape index (κ1) is 17.9. The van der Waals surface area contributed by atoms with Gasteiger partial charge >= 0.3 is 0 Å². The molecule has 7 heteroatoms. The fraction of sp³-hybridized carbons (Fsp3) is 0.235. The van der Waals surface area contributed by atoms with Crippen molar-refractivity contribution in [3.63, 3.8) is 0 Å². The van der Waals surface area contributed by atoms with E-state index in [0.29, 0.717) is 6.54 Å². The van der Waals surface area contributed by atoms with E-state index in [4.69, 9.17) is 0 Å².